The number of ether oxygens (including phenoxy) is 1. The number of rotatable bonds is 9. The van der Waals surface area contributed by atoms with Crippen molar-refractivity contribution in [3.8, 4) is 16.9 Å². The van der Waals surface area contributed by atoms with Gasteiger partial charge < -0.3 is 25.8 Å². The van der Waals surface area contributed by atoms with Crippen LogP contribution in [0.3, 0.4) is 0 Å². The van der Waals surface area contributed by atoms with E-state index in [2.05, 4.69) is 5.32 Å². The summed E-state index contributed by atoms with van der Waals surface area (Å²) in [5.41, 5.74) is 7.48. The van der Waals surface area contributed by atoms with E-state index in [0.717, 1.165) is 47.8 Å². The smallest absolute Gasteiger partial charge is 0.302 e. The van der Waals surface area contributed by atoms with Gasteiger partial charge in [-0.05, 0) is 109 Å². The molecule has 7 nitrogen and oxygen atoms in total. The highest BCUT2D eigenvalue weighted by atomic mass is 35.5. The molecule has 4 aromatic carbocycles. The van der Waals surface area contributed by atoms with Crippen molar-refractivity contribution in [2.24, 2.45) is 5.73 Å². The maximum absolute atomic E-state index is 16.6. The van der Waals surface area contributed by atoms with E-state index in [1.165, 1.54) is 17.0 Å². The molecule has 1 saturated carbocycles. The number of amides is 2. The van der Waals surface area contributed by atoms with Crippen LogP contribution < -0.4 is 15.8 Å². The van der Waals surface area contributed by atoms with Gasteiger partial charge in [-0.1, -0.05) is 66.2 Å². The Morgan fingerprint density at radius 1 is 0.857 bits per heavy atom. The minimum Gasteiger partial charge on any atom is -0.490 e. The van der Waals surface area contributed by atoms with Crippen LogP contribution in [0.15, 0.2) is 84.9 Å². The highest BCUT2D eigenvalue weighted by Crippen LogP contribution is 2.40. The van der Waals surface area contributed by atoms with Crippen LogP contribution in [0.25, 0.3) is 21.9 Å². The molecule has 2 saturated heterocycles. The van der Waals surface area contributed by atoms with Crippen LogP contribution in [0, 0.1) is 0 Å². The summed E-state index contributed by atoms with van der Waals surface area (Å²) in [6, 6.07) is 20.3. The minimum atomic E-state index is -3.80. The number of piperidine rings is 1. The van der Waals surface area contributed by atoms with E-state index in [1.54, 1.807) is 54.6 Å². The van der Waals surface area contributed by atoms with Crippen molar-refractivity contribution in [2.45, 2.75) is 93.7 Å². The fourth-order valence-electron chi connectivity index (χ4n) is 7.79. The lowest BCUT2D eigenvalue weighted by atomic mass is 9.93. The van der Waals surface area contributed by atoms with Gasteiger partial charge in [-0.3, -0.25) is 9.59 Å². The zero-order valence-electron chi connectivity index (χ0n) is 27.0. The first-order valence-electron chi connectivity index (χ1n) is 17.1. The van der Waals surface area contributed by atoms with Crippen LogP contribution in [0.5, 0.6) is 5.75 Å². The molecule has 10 heteroatoms. The van der Waals surface area contributed by atoms with E-state index in [-0.39, 0.29) is 29.8 Å². The van der Waals surface area contributed by atoms with E-state index < -0.39 is 35.4 Å². The molecule has 4 atom stereocenters. The normalized spacial score (nSPS) is 22.2. The Morgan fingerprint density at radius 2 is 1.45 bits per heavy atom. The molecule has 3 fully saturated rings. The number of nitrogens with two attached hydrogens (primary N) is 1. The molecule has 0 radical (unpaired) electrons. The summed E-state index contributed by atoms with van der Waals surface area (Å²) < 4.78 is 39.3. The zero-order valence-corrected chi connectivity index (χ0v) is 27.8. The second kappa shape index (κ2) is 13.7. The topological polar surface area (TPSA) is 105 Å². The SMILES string of the molecule is NC1CC2CCC(C1)N2C(=O)[C@H](NC(=O)[C@@H](O)c1ccc2cc(OC3CCCC3)ccc2c1)C(F)(F)c1ccc(-c2ccc(Cl)cc2)cc1. The molecule has 2 bridgehead atoms. The first kappa shape index (κ1) is 33.4. The molecule has 0 spiro atoms. The van der Waals surface area contributed by atoms with E-state index in [9.17, 15) is 14.7 Å². The number of halogens is 3. The lowest BCUT2D eigenvalue weighted by molar-refractivity contribution is -0.155. The van der Waals surface area contributed by atoms with Crippen LogP contribution in [0.1, 0.15) is 68.6 Å². The van der Waals surface area contributed by atoms with E-state index in [0.29, 0.717) is 36.3 Å². The number of nitrogens with zero attached hydrogens (tertiary/aromatic N) is 1. The van der Waals surface area contributed by atoms with Crippen LogP contribution in [0.2, 0.25) is 5.02 Å². The average Bonchev–Trinajstić information content (AvgIpc) is 3.71. The summed E-state index contributed by atoms with van der Waals surface area (Å²) in [5, 5.41) is 15.6. The summed E-state index contributed by atoms with van der Waals surface area (Å²) in [4.78, 5) is 29.2. The summed E-state index contributed by atoms with van der Waals surface area (Å²) in [6.07, 6.45) is 5.14. The zero-order chi connectivity index (χ0) is 34.3. The Labute approximate surface area is 289 Å². The molecule has 4 aromatic rings. The third kappa shape index (κ3) is 6.89. The quantitative estimate of drug-likeness (QED) is 0.172. The molecule has 2 heterocycles. The Kier molecular flexibility index (Phi) is 9.35. The largest absolute Gasteiger partial charge is 0.490 e. The first-order chi connectivity index (χ1) is 23.6. The van der Waals surface area contributed by atoms with Gasteiger partial charge in [0.25, 0.3) is 11.8 Å². The molecule has 256 valence electrons. The number of hydrogen-bond acceptors (Lipinski definition) is 5. The number of fused-ring (bicyclic) bond motifs is 3. The summed E-state index contributed by atoms with van der Waals surface area (Å²) in [5.74, 6) is -5.01. The molecular formula is C39H40ClF2N3O4. The Balaban J connectivity index is 1.14. The molecular weight excluding hydrogens is 648 g/mol. The van der Waals surface area contributed by atoms with Crippen molar-refractivity contribution in [3.05, 3.63) is 101 Å². The molecule has 1 aliphatic carbocycles. The molecule has 7 rings (SSSR count). The van der Waals surface area contributed by atoms with Gasteiger partial charge >= 0.3 is 5.92 Å². The number of nitrogens with one attached hydrogen (secondary N) is 1. The van der Waals surface area contributed by atoms with Gasteiger partial charge in [0.05, 0.1) is 6.10 Å². The Hall–Kier alpha value is -4.05. The fraction of sp³-hybridized carbons (Fsp3) is 0.385. The van der Waals surface area contributed by atoms with Crippen molar-refractivity contribution in [1.82, 2.24) is 10.2 Å². The van der Waals surface area contributed by atoms with Gasteiger partial charge in [0.15, 0.2) is 12.1 Å². The average molecular weight is 688 g/mol. The van der Waals surface area contributed by atoms with Gasteiger partial charge in [-0.15, -0.1) is 0 Å². The third-order valence-electron chi connectivity index (χ3n) is 10.4. The van der Waals surface area contributed by atoms with Crippen molar-refractivity contribution >= 4 is 34.2 Å². The fourth-order valence-corrected chi connectivity index (χ4v) is 7.91. The molecule has 49 heavy (non-hydrogen) atoms. The van der Waals surface area contributed by atoms with Crippen molar-refractivity contribution in [2.75, 3.05) is 0 Å². The van der Waals surface area contributed by atoms with Crippen LogP contribution in [0.4, 0.5) is 8.78 Å². The number of alkyl halides is 2. The predicted molar refractivity (Wildman–Crippen MR) is 185 cm³/mol. The van der Waals surface area contributed by atoms with Gasteiger partial charge in [0, 0.05) is 28.7 Å². The molecule has 0 aromatic heterocycles. The van der Waals surface area contributed by atoms with E-state index in [1.807, 2.05) is 18.2 Å². The highest BCUT2D eigenvalue weighted by Gasteiger charge is 2.53. The molecule has 4 N–H and O–H groups in total. The van der Waals surface area contributed by atoms with Gasteiger partial charge in [0.1, 0.15) is 5.75 Å². The maximum atomic E-state index is 16.6. The van der Waals surface area contributed by atoms with E-state index >= 15 is 8.78 Å². The van der Waals surface area contributed by atoms with Crippen LogP contribution >= 0.6 is 11.6 Å². The monoisotopic (exact) mass is 687 g/mol. The predicted octanol–water partition coefficient (Wildman–Crippen LogP) is 7.27. The van der Waals surface area contributed by atoms with Gasteiger partial charge in [-0.25, -0.2) is 0 Å². The number of hydrogen-bond donors (Lipinski definition) is 3. The van der Waals surface area contributed by atoms with Gasteiger partial charge in [0.2, 0.25) is 0 Å². The summed E-state index contributed by atoms with van der Waals surface area (Å²) in [7, 11) is 0. The highest BCUT2D eigenvalue weighted by molar-refractivity contribution is 6.30. The van der Waals surface area contributed by atoms with Crippen LogP contribution in [-0.4, -0.2) is 52.1 Å². The maximum Gasteiger partial charge on any atom is 0.302 e. The van der Waals surface area contributed by atoms with Crippen molar-refractivity contribution < 1.29 is 28.2 Å². The Morgan fingerprint density at radius 3 is 2.10 bits per heavy atom. The molecule has 2 amide bonds. The van der Waals surface area contributed by atoms with E-state index in [4.69, 9.17) is 22.1 Å². The molecule has 2 aliphatic heterocycles. The summed E-state index contributed by atoms with van der Waals surface area (Å²) in [6.45, 7) is 0. The van der Waals surface area contributed by atoms with Gasteiger partial charge in [-0.2, -0.15) is 8.78 Å². The third-order valence-corrected chi connectivity index (χ3v) is 10.6. The lowest BCUT2D eigenvalue weighted by Crippen LogP contribution is -2.61. The van der Waals surface area contributed by atoms with Crippen molar-refractivity contribution in [3.63, 3.8) is 0 Å². The second-order valence-corrected chi connectivity index (χ2v) is 14.1. The number of aliphatic hydroxyl groups excluding tert-OH is 1. The second-order valence-electron chi connectivity index (χ2n) is 13.7. The number of carbonyl (C=O) groups excluding carboxylic acids is 2. The van der Waals surface area contributed by atoms with Crippen molar-refractivity contribution in [1.29, 1.82) is 0 Å². The molecule has 2 unspecified atom stereocenters. The standard InChI is InChI=1S/C39H40ClF2N3O4/c40-29-14-9-24(10-15-29)23-7-12-28(13-8-23)39(41,42)36(38(48)45-31-16-17-32(45)22-30(43)21-31)44-37(47)35(46)27-6-5-26-20-34(18-11-25(26)19-27)49-33-3-1-2-4-33/h5-15,18-20,30-33,35-36,46H,1-4,16-17,21-22,43H2,(H,44,47)/t30?,31?,32?,35-,36-/m0/s1. The number of benzene rings is 4. The number of carbonyl (C=O) groups is 2. The lowest BCUT2D eigenvalue weighted by Gasteiger charge is -2.41. The Bertz CT molecular complexity index is 1820. The first-order valence-corrected chi connectivity index (χ1v) is 17.5. The molecule has 3 aliphatic rings. The van der Waals surface area contributed by atoms with Crippen LogP contribution in [-0.2, 0) is 15.5 Å². The summed E-state index contributed by atoms with van der Waals surface area (Å²) >= 11 is 6.01. The minimum absolute atomic E-state index is 0.115. The number of aliphatic hydroxyl groups is 1.